The molecule has 108 valence electrons. The fourth-order valence-corrected chi connectivity index (χ4v) is 6.21. The van der Waals surface area contributed by atoms with Gasteiger partial charge in [-0.1, -0.05) is 6.92 Å². The van der Waals surface area contributed by atoms with Crippen LogP contribution in [0.1, 0.15) is 38.0 Å². The average Bonchev–Trinajstić information content (AvgIpc) is 2.96. The second-order valence-corrected chi connectivity index (χ2v) is 7.87. The minimum absolute atomic E-state index is 0.109. The maximum Gasteiger partial charge on any atom is 0.244 e. The summed E-state index contributed by atoms with van der Waals surface area (Å²) < 4.78 is 27.5. The van der Waals surface area contributed by atoms with Gasteiger partial charge in [0.15, 0.2) is 0 Å². The molecule has 4 nitrogen and oxygen atoms in total. The van der Waals surface area contributed by atoms with Crippen LogP contribution in [-0.4, -0.2) is 31.9 Å². The van der Waals surface area contributed by atoms with Crippen molar-refractivity contribution in [2.45, 2.75) is 56.6 Å². The molecule has 1 fully saturated rings. The first-order chi connectivity index (χ1) is 9.02. The van der Waals surface area contributed by atoms with Gasteiger partial charge in [-0.15, -0.1) is 11.3 Å². The van der Waals surface area contributed by atoms with E-state index in [-0.39, 0.29) is 12.1 Å². The summed E-state index contributed by atoms with van der Waals surface area (Å²) >= 11 is 1.50. The third-order valence-electron chi connectivity index (χ3n) is 3.78. The van der Waals surface area contributed by atoms with Gasteiger partial charge in [0, 0.05) is 23.5 Å². The van der Waals surface area contributed by atoms with Gasteiger partial charge in [0.2, 0.25) is 10.0 Å². The molecule has 1 aromatic rings. The van der Waals surface area contributed by atoms with Gasteiger partial charge in [0.25, 0.3) is 0 Å². The van der Waals surface area contributed by atoms with Crippen LogP contribution >= 0.6 is 11.3 Å². The van der Waals surface area contributed by atoms with Gasteiger partial charge >= 0.3 is 0 Å². The molecule has 0 saturated carbocycles. The van der Waals surface area contributed by atoms with Crippen molar-refractivity contribution in [1.82, 2.24) is 9.62 Å². The molecular weight excluding hydrogens is 280 g/mol. The lowest BCUT2D eigenvalue weighted by molar-refractivity contribution is 0.328. The van der Waals surface area contributed by atoms with Gasteiger partial charge in [0.05, 0.1) is 4.90 Å². The molecule has 1 N–H and O–H groups in total. The fraction of sp³-hybridized carbons (Fsp3) is 0.692. The van der Waals surface area contributed by atoms with E-state index in [9.17, 15) is 8.42 Å². The van der Waals surface area contributed by atoms with E-state index in [2.05, 4.69) is 12.2 Å². The summed E-state index contributed by atoms with van der Waals surface area (Å²) in [5.74, 6) is 0. The van der Waals surface area contributed by atoms with E-state index in [4.69, 9.17) is 0 Å². The topological polar surface area (TPSA) is 49.4 Å². The van der Waals surface area contributed by atoms with Crippen LogP contribution < -0.4 is 5.32 Å². The first kappa shape index (κ1) is 15.0. The Morgan fingerprint density at radius 1 is 1.47 bits per heavy atom. The monoisotopic (exact) mass is 302 g/mol. The van der Waals surface area contributed by atoms with Gasteiger partial charge in [0.1, 0.15) is 0 Å². The first-order valence-corrected chi connectivity index (χ1v) is 9.08. The van der Waals surface area contributed by atoms with Gasteiger partial charge in [-0.05, 0) is 44.7 Å². The van der Waals surface area contributed by atoms with Crippen LogP contribution in [0.2, 0.25) is 0 Å². The van der Waals surface area contributed by atoms with E-state index in [1.807, 2.05) is 19.4 Å². The standard InChI is InChI=1S/C13H22N2O2S2/c1-4-11-6-5-10(2)15(11)19(16,17)13-7-8-18-12(13)9-14-3/h7-8,10-11,14H,4-6,9H2,1-3H3. The molecule has 0 amide bonds. The molecule has 1 aromatic heterocycles. The zero-order valence-corrected chi connectivity index (χ0v) is 13.4. The van der Waals surface area contributed by atoms with Gasteiger partial charge in [-0.2, -0.15) is 4.31 Å². The molecule has 2 heterocycles. The lowest BCUT2D eigenvalue weighted by Gasteiger charge is -2.27. The molecule has 0 spiro atoms. The minimum atomic E-state index is -3.35. The van der Waals surface area contributed by atoms with Crippen molar-refractivity contribution in [2.75, 3.05) is 7.05 Å². The Kier molecular flexibility index (Phi) is 4.66. The number of hydrogen-bond donors (Lipinski definition) is 1. The molecule has 0 bridgehead atoms. The Hall–Kier alpha value is -0.430. The van der Waals surface area contributed by atoms with Crippen molar-refractivity contribution in [1.29, 1.82) is 0 Å². The van der Waals surface area contributed by atoms with Crippen LogP contribution in [0.3, 0.4) is 0 Å². The molecule has 1 saturated heterocycles. The molecule has 2 rings (SSSR count). The molecule has 0 aromatic carbocycles. The third kappa shape index (κ3) is 2.72. The molecule has 0 radical (unpaired) electrons. The number of sulfonamides is 1. The summed E-state index contributed by atoms with van der Waals surface area (Å²) in [6.07, 6.45) is 2.82. The van der Waals surface area contributed by atoms with E-state index in [1.54, 1.807) is 10.4 Å². The summed E-state index contributed by atoms with van der Waals surface area (Å²) in [6, 6.07) is 2.00. The maximum atomic E-state index is 12.9. The lowest BCUT2D eigenvalue weighted by atomic mass is 10.2. The summed E-state index contributed by atoms with van der Waals surface area (Å²) in [7, 11) is -1.52. The first-order valence-electron chi connectivity index (χ1n) is 6.76. The van der Waals surface area contributed by atoms with E-state index in [1.165, 1.54) is 11.3 Å². The highest BCUT2D eigenvalue weighted by Gasteiger charge is 2.40. The van der Waals surface area contributed by atoms with Crippen LogP contribution in [0.25, 0.3) is 0 Å². The summed E-state index contributed by atoms with van der Waals surface area (Å²) in [4.78, 5) is 1.38. The fourth-order valence-electron chi connectivity index (χ4n) is 2.83. The number of thiophene rings is 1. The smallest absolute Gasteiger partial charge is 0.244 e. The van der Waals surface area contributed by atoms with Crippen molar-refractivity contribution in [3.63, 3.8) is 0 Å². The van der Waals surface area contributed by atoms with Crippen molar-refractivity contribution >= 4 is 21.4 Å². The Labute approximate surface area is 119 Å². The van der Waals surface area contributed by atoms with E-state index in [0.717, 1.165) is 24.1 Å². The predicted molar refractivity (Wildman–Crippen MR) is 78.9 cm³/mol. The zero-order chi connectivity index (χ0) is 14.0. The van der Waals surface area contributed by atoms with Crippen LogP contribution in [0.15, 0.2) is 16.3 Å². The quantitative estimate of drug-likeness (QED) is 0.909. The Morgan fingerprint density at radius 3 is 2.84 bits per heavy atom. The van der Waals surface area contributed by atoms with Gasteiger partial charge < -0.3 is 5.32 Å². The summed E-state index contributed by atoms with van der Waals surface area (Å²) in [5, 5.41) is 4.90. The van der Waals surface area contributed by atoms with E-state index in [0.29, 0.717) is 11.4 Å². The molecule has 6 heteroatoms. The van der Waals surface area contributed by atoms with Crippen molar-refractivity contribution in [2.24, 2.45) is 0 Å². The number of hydrogen-bond acceptors (Lipinski definition) is 4. The van der Waals surface area contributed by atoms with Crippen LogP contribution in [0.5, 0.6) is 0 Å². The predicted octanol–water partition coefficient (Wildman–Crippen LogP) is 2.42. The Morgan fingerprint density at radius 2 is 2.21 bits per heavy atom. The molecule has 19 heavy (non-hydrogen) atoms. The normalized spacial score (nSPS) is 25.0. The van der Waals surface area contributed by atoms with Crippen molar-refractivity contribution in [3.05, 3.63) is 16.3 Å². The highest BCUT2D eigenvalue weighted by molar-refractivity contribution is 7.89. The number of rotatable bonds is 5. The molecule has 0 aliphatic carbocycles. The summed E-state index contributed by atoms with van der Waals surface area (Å²) in [6.45, 7) is 4.68. The van der Waals surface area contributed by atoms with Crippen molar-refractivity contribution in [3.8, 4) is 0 Å². The largest absolute Gasteiger partial charge is 0.315 e. The van der Waals surface area contributed by atoms with Crippen LogP contribution in [0, 0.1) is 0 Å². The highest BCUT2D eigenvalue weighted by atomic mass is 32.2. The Bertz CT molecular complexity index is 525. The maximum absolute atomic E-state index is 12.9. The second-order valence-electron chi connectivity index (χ2n) is 5.06. The highest BCUT2D eigenvalue weighted by Crippen LogP contribution is 2.34. The number of nitrogens with zero attached hydrogens (tertiary/aromatic N) is 1. The summed E-state index contributed by atoms with van der Waals surface area (Å²) in [5.41, 5.74) is 0. The average molecular weight is 302 g/mol. The van der Waals surface area contributed by atoms with Crippen molar-refractivity contribution < 1.29 is 8.42 Å². The van der Waals surface area contributed by atoms with E-state index >= 15 is 0 Å². The number of nitrogens with one attached hydrogen (secondary N) is 1. The molecule has 2 unspecified atom stereocenters. The molecule has 1 aliphatic rings. The van der Waals surface area contributed by atoms with E-state index < -0.39 is 10.0 Å². The molecular formula is C13H22N2O2S2. The molecule has 1 aliphatic heterocycles. The SMILES string of the molecule is CCC1CCC(C)N1S(=O)(=O)c1ccsc1CNC. The Balaban J connectivity index is 2.38. The lowest BCUT2D eigenvalue weighted by Crippen LogP contribution is -2.39. The third-order valence-corrected chi connectivity index (χ3v) is 6.98. The van der Waals surface area contributed by atoms with Gasteiger partial charge in [-0.25, -0.2) is 8.42 Å². The minimum Gasteiger partial charge on any atom is -0.315 e. The molecule has 2 atom stereocenters. The van der Waals surface area contributed by atoms with Crippen LogP contribution in [0.4, 0.5) is 0 Å². The van der Waals surface area contributed by atoms with Crippen LogP contribution in [-0.2, 0) is 16.6 Å². The zero-order valence-electron chi connectivity index (χ0n) is 11.7. The van der Waals surface area contributed by atoms with Gasteiger partial charge in [-0.3, -0.25) is 0 Å². The second kappa shape index (κ2) is 5.91.